The molecule has 0 saturated heterocycles. The Kier molecular flexibility index (Phi) is 4.04. The second-order valence-electron chi connectivity index (χ2n) is 3.78. The van der Waals surface area contributed by atoms with Crippen LogP contribution < -0.4 is 15.8 Å². The molecule has 0 bridgehead atoms. The average Bonchev–Trinajstić information content (AvgIpc) is 2.38. The molecule has 0 atom stereocenters. The maximum atomic E-state index is 5.71. The summed E-state index contributed by atoms with van der Waals surface area (Å²) in [5.41, 5.74) is 7.41. The summed E-state index contributed by atoms with van der Waals surface area (Å²) in [6.07, 6.45) is 0. The number of pyridine rings is 1. The number of rotatable bonds is 4. The standard InChI is InChI=1S/C13H14BrN3O/c1-18-13-11(15)5-6-12(17-13)16-8-9-3-2-4-10(14)7-9/h2-7H,8,15H2,1H3,(H,16,17). The third-order valence-corrected chi connectivity index (χ3v) is 2.94. The molecule has 94 valence electrons. The van der Waals surface area contributed by atoms with Gasteiger partial charge in [0.15, 0.2) is 0 Å². The highest BCUT2D eigenvalue weighted by atomic mass is 79.9. The molecule has 18 heavy (non-hydrogen) atoms. The van der Waals surface area contributed by atoms with Crippen LogP contribution in [0.2, 0.25) is 0 Å². The fourth-order valence-corrected chi connectivity index (χ4v) is 2.00. The van der Waals surface area contributed by atoms with E-state index in [4.69, 9.17) is 10.5 Å². The zero-order chi connectivity index (χ0) is 13.0. The van der Waals surface area contributed by atoms with Crippen LogP contribution in [0.4, 0.5) is 11.5 Å². The molecule has 4 nitrogen and oxygen atoms in total. The molecule has 0 spiro atoms. The first kappa shape index (κ1) is 12.7. The number of ether oxygens (including phenoxy) is 1. The van der Waals surface area contributed by atoms with Gasteiger partial charge in [0.25, 0.3) is 0 Å². The lowest BCUT2D eigenvalue weighted by Gasteiger charge is -2.09. The van der Waals surface area contributed by atoms with Crippen LogP contribution in [0.15, 0.2) is 40.9 Å². The summed E-state index contributed by atoms with van der Waals surface area (Å²) in [6, 6.07) is 11.7. The van der Waals surface area contributed by atoms with Gasteiger partial charge >= 0.3 is 0 Å². The van der Waals surface area contributed by atoms with E-state index in [-0.39, 0.29) is 0 Å². The van der Waals surface area contributed by atoms with E-state index in [0.717, 1.165) is 10.3 Å². The van der Waals surface area contributed by atoms with Crippen LogP contribution in [0.25, 0.3) is 0 Å². The minimum absolute atomic E-state index is 0.439. The predicted molar refractivity (Wildman–Crippen MR) is 76.7 cm³/mol. The highest BCUT2D eigenvalue weighted by molar-refractivity contribution is 9.10. The first-order valence-corrected chi connectivity index (χ1v) is 6.27. The Morgan fingerprint density at radius 3 is 2.89 bits per heavy atom. The Morgan fingerprint density at radius 2 is 2.17 bits per heavy atom. The number of anilines is 2. The summed E-state index contributed by atoms with van der Waals surface area (Å²) in [4.78, 5) is 4.26. The molecule has 3 N–H and O–H groups in total. The number of nitrogens with one attached hydrogen (secondary N) is 1. The average molecular weight is 308 g/mol. The molecule has 0 radical (unpaired) electrons. The third-order valence-electron chi connectivity index (χ3n) is 2.45. The van der Waals surface area contributed by atoms with Crippen molar-refractivity contribution in [3.8, 4) is 5.88 Å². The Labute approximate surface area is 114 Å². The van der Waals surface area contributed by atoms with Gasteiger partial charge in [-0.25, -0.2) is 0 Å². The predicted octanol–water partition coefficient (Wildman–Crippen LogP) is 3.05. The first-order valence-electron chi connectivity index (χ1n) is 5.48. The molecule has 2 rings (SSSR count). The van der Waals surface area contributed by atoms with Crippen molar-refractivity contribution in [2.75, 3.05) is 18.2 Å². The number of nitrogens with two attached hydrogens (primary N) is 1. The topological polar surface area (TPSA) is 60.2 Å². The number of halogens is 1. The summed E-state index contributed by atoms with van der Waals surface area (Å²) in [7, 11) is 1.55. The molecule has 0 aliphatic carbocycles. The third kappa shape index (κ3) is 3.13. The lowest BCUT2D eigenvalue weighted by Crippen LogP contribution is -2.03. The zero-order valence-corrected chi connectivity index (χ0v) is 11.6. The van der Waals surface area contributed by atoms with Crippen LogP contribution in [-0.2, 0) is 6.54 Å². The summed E-state index contributed by atoms with van der Waals surface area (Å²) < 4.78 is 6.13. The van der Waals surface area contributed by atoms with Gasteiger partial charge in [0, 0.05) is 11.0 Å². The van der Waals surface area contributed by atoms with Crippen LogP contribution in [0.1, 0.15) is 5.56 Å². The van der Waals surface area contributed by atoms with E-state index in [1.807, 2.05) is 24.3 Å². The van der Waals surface area contributed by atoms with E-state index >= 15 is 0 Å². The number of nitrogens with zero attached hydrogens (tertiary/aromatic N) is 1. The van der Waals surface area contributed by atoms with Crippen LogP contribution in [0.5, 0.6) is 5.88 Å². The van der Waals surface area contributed by atoms with Gasteiger partial charge in [-0.3, -0.25) is 0 Å². The van der Waals surface area contributed by atoms with Gasteiger partial charge in [-0.05, 0) is 29.8 Å². The van der Waals surface area contributed by atoms with Gasteiger partial charge < -0.3 is 15.8 Å². The molecule has 2 aromatic rings. The Balaban J connectivity index is 2.06. The van der Waals surface area contributed by atoms with Gasteiger partial charge in [-0.1, -0.05) is 28.1 Å². The summed E-state index contributed by atoms with van der Waals surface area (Å²) in [6.45, 7) is 0.694. The number of nitrogen functional groups attached to an aromatic ring is 1. The Morgan fingerprint density at radius 1 is 1.33 bits per heavy atom. The zero-order valence-electron chi connectivity index (χ0n) is 9.98. The second kappa shape index (κ2) is 5.73. The SMILES string of the molecule is COc1nc(NCc2cccc(Br)c2)ccc1N. The van der Waals surface area contributed by atoms with E-state index < -0.39 is 0 Å². The molecular weight excluding hydrogens is 294 g/mol. The van der Waals surface area contributed by atoms with Gasteiger partial charge in [0.2, 0.25) is 5.88 Å². The van der Waals surface area contributed by atoms with Crippen LogP contribution in [-0.4, -0.2) is 12.1 Å². The van der Waals surface area contributed by atoms with Crippen molar-refractivity contribution in [1.29, 1.82) is 0 Å². The molecule has 1 heterocycles. The van der Waals surface area contributed by atoms with Crippen LogP contribution >= 0.6 is 15.9 Å². The van der Waals surface area contributed by atoms with Crippen molar-refractivity contribution in [3.63, 3.8) is 0 Å². The normalized spacial score (nSPS) is 10.1. The maximum Gasteiger partial charge on any atom is 0.238 e. The number of hydrogen-bond acceptors (Lipinski definition) is 4. The van der Waals surface area contributed by atoms with Crippen molar-refractivity contribution < 1.29 is 4.74 Å². The second-order valence-corrected chi connectivity index (χ2v) is 4.69. The Hall–Kier alpha value is -1.75. The summed E-state index contributed by atoms with van der Waals surface area (Å²) in [5.74, 6) is 1.18. The number of benzene rings is 1. The number of hydrogen-bond donors (Lipinski definition) is 2. The van der Waals surface area contributed by atoms with Gasteiger partial charge in [0.05, 0.1) is 12.8 Å². The van der Waals surface area contributed by atoms with E-state index in [2.05, 4.69) is 32.3 Å². The monoisotopic (exact) mass is 307 g/mol. The largest absolute Gasteiger partial charge is 0.479 e. The van der Waals surface area contributed by atoms with Crippen molar-refractivity contribution in [1.82, 2.24) is 4.98 Å². The van der Waals surface area contributed by atoms with Crippen LogP contribution in [0.3, 0.4) is 0 Å². The lowest BCUT2D eigenvalue weighted by atomic mass is 10.2. The molecule has 0 aliphatic heterocycles. The number of aromatic nitrogens is 1. The quantitative estimate of drug-likeness (QED) is 0.911. The molecular formula is C13H14BrN3O. The van der Waals surface area contributed by atoms with E-state index in [1.165, 1.54) is 5.56 Å². The van der Waals surface area contributed by atoms with Gasteiger partial charge in [0.1, 0.15) is 5.82 Å². The van der Waals surface area contributed by atoms with E-state index in [0.29, 0.717) is 18.1 Å². The molecule has 1 aromatic carbocycles. The highest BCUT2D eigenvalue weighted by Crippen LogP contribution is 2.20. The molecule has 5 heteroatoms. The number of methoxy groups -OCH3 is 1. The van der Waals surface area contributed by atoms with E-state index in [1.54, 1.807) is 13.2 Å². The summed E-state index contributed by atoms with van der Waals surface area (Å²) >= 11 is 3.44. The Bertz CT molecular complexity index is 546. The minimum Gasteiger partial charge on any atom is -0.479 e. The highest BCUT2D eigenvalue weighted by Gasteiger charge is 2.02. The van der Waals surface area contributed by atoms with Gasteiger partial charge in [-0.2, -0.15) is 4.98 Å². The molecule has 0 fully saturated rings. The smallest absolute Gasteiger partial charge is 0.238 e. The molecule has 0 amide bonds. The fraction of sp³-hybridized carbons (Fsp3) is 0.154. The molecule has 0 saturated carbocycles. The first-order chi connectivity index (χ1) is 8.69. The summed E-state index contributed by atoms with van der Waals surface area (Å²) in [5, 5.41) is 3.22. The maximum absolute atomic E-state index is 5.71. The molecule has 0 aliphatic rings. The fourth-order valence-electron chi connectivity index (χ4n) is 1.55. The van der Waals surface area contributed by atoms with Crippen molar-refractivity contribution in [2.45, 2.75) is 6.54 Å². The van der Waals surface area contributed by atoms with E-state index in [9.17, 15) is 0 Å². The van der Waals surface area contributed by atoms with Crippen LogP contribution in [0, 0.1) is 0 Å². The minimum atomic E-state index is 0.439. The van der Waals surface area contributed by atoms with Gasteiger partial charge in [-0.15, -0.1) is 0 Å². The van der Waals surface area contributed by atoms with Crippen molar-refractivity contribution in [2.24, 2.45) is 0 Å². The molecule has 1 aromatic heterocycles. The molecule has 0 unspecified atom stereocenters. The van der Waals surface area contributed by atoms with Crippen molar-refractivity contribution >= 4 is 27.4 Å². The van der Waals surface area contributed by atoms with Crippen molar-refractivity contribution in [3.05, 3.63) is 46.4 Å². The lowest BCUT2D eigenvalue weighted by molar-refractivity contribution is 0.401.